The Morgan fingerprint density at radius 3 is 3.11 bits per heavy atom. The molecular weight excluding hydrogens is 272 g/mol. The summed E-state index contributed by atoms with van der Waals surface area (Å²) in [5.41, 5.74) is 5.58. The van der Waals surface area contributed by atoms with Gasteiger partial charge in [0.25, 0.3) is 0 Å². The van der Waals surface area contributed by atoms with E-state index < -0.39 is 10.0 Å². The molecule has 1 saturated heterocycles. The Balaban J connectivity index is 2.30. The van der Waals surface area contributed by atoms with E-state index in [1.54, 1.807) is 11.4 Å². The molecule has 2 heterocycles. The normalized spacial score (nSPS) is 22.9. The highest BCUT2D eigenvalue weighted by Crippen LogP contribution is 2.26. The van der Waals surface area contributed by atoms with Crippen molar-refractivity contribution in [2.45, 2.75) is 30.9 Å². The highest BCUT2D eigenvalue weighted by molar-refractivity contribution is 7.89. The summed E-state index contributed by atoms with van der Waals surface area (Å²) in [6, 6.07) is 1.64. The van der Waals surface area contributed by atoms with Crippen LogP contribution in [0, 0.1) is 0 Å². The molecule has 102 valence electrons. The molecule has 1 aliphatic heterocycles. The van der Waals surface area contributed by atoms with Gasteiger partial charge in [0.15, 0.2) is 0 Å². The molecule has 1 unspecified atom stereocenters. The Morgan fingerprint density at radius 2 is 2.39 bits per heavy atom. The Morgan fingerprint density at radius 1 is 1.61 bits per heavy atom. The van der Waals surface area contributed by atoms with E-state index in [1.807, 2.05) is 6.92 Å². The largest absolute Gasteiger partial charge is 0.377 e. The van der Waals surface area contributed by atoms with Gasteiger partial charge in [0.2, 0.25) is 10.0 Å². The first-order valence-electron chi connectivity index (χ1n) is 5.94. The molecule has 1 fully saturated rings. The summed E-state index contributed by atoms with van der Waals surface area (Å²) in [4.78, 5) is 1.07. The van der Waals surface area contributed by atoms with Crippen LogP contribution in [0.15, 0.2) is 16.3 Å². The molecule has 1 aromatic rings. The summed E-state index contributed by atoms with van der Waals surface area (Å²) in [5, 5.41) is 1.77. The maximum atomic E-state index is 12.5. The van der Waals surface area contributed by atoms with Gasteiger partial charge in [0.1, 0.15) is 0 Å². The molecule has 0 saturated carbocycles. The SMILES string of the molecule is CC1CN(S(=O)(=O)c2ccsc2CN)CCCO1. The van der Waals surface area contributed by atoms with Gasteiger partial charge in [-0.3, -0.25) is 0 Å². The van der Waals surface area contributed by atoms with E-state index in [4.69, 9.17) is 10.5 Å². The summed E-state index contributed by atoms with van der Waals surface area (Å²) in [6.07, 6.45) is 0.660. The number of ether oxygens (including phenoxy) is 1. The standard InChI is InChI=1S/C11H18N2O3S2/c1-9-8-13(4-2-5-16-9)18(14,15)11-3-6-17-10(11)7-12/h3,6,9H,2,4-5,7-8,12H2,1H3. The fraction of sp³-hybridized carbons (Fsp3) is 0.636. The fourth-order valence-corrected chi connectivity index (χ4v) is 4.88. The highest BCUT2D eigenvalue weighted by Gasteiger charge is 2.29. The van der Waals surface area contributed by atoms with E-state index in [-0.39, 0.29) is 12.6 Å². The van der Waals surface area contributed by atoms with Crippen molar-refractivity contribution in [2.75, 3.05) is 19.7 Å². The number of nitrogens with zero attached hydrogens (tertiary/aromatic N) is 1. The predicted molar refractivity (Wildman–Crippen MR) is 71.0 cm³/mol. The van der Waals surface area contributed by atoms with Crippen LogP contribution >= 0.6 is 11.3 Å². The zero-order valence-corrected chi connectivity index (χ0v) is 12.0. The molecule has 18 heavy (non-hydrogen) atoms. The minimum Gasteiger partial charge on any atom is -0.377 e. The van der Waals surface area contributed by atoms with Crippen LogP contribution in [-0.4, -0.2) is 38.5 Å². The van der Waals surface area contributed by atoms with Gasteiger partial charge in [-0.2, -0.15) is 4.31 Å². The zero-order valence-electron chi connectivity index (χ0n) is 10.3. The molecule has 2 N–H and O–H groups in total. The summed E-state index contributed by atoms with van der Waals surface area (Å²) < 4.78 is 32.1. The minimum absolute atomic E-state index is 0.0674. The third kappa shape index (κ3) is 2.75. The van der Waals surface area contributed by atoms with Crippen molar-refractivity contribution in [1.29, 1.82) is 0 Å². The molecule has 0 aromatic carbocycles. The van der Waals surface area contributed by atoms with Crippen LogP contribution in [0.4, 0.5) is 0 Å². The van der Waals surface area contributed by atoms with Crippen molar-refractivity contribution in [3.63, 3.8) is 0 Å². The summed E-state index contributed by atoms with van der Waals surface area (Å²) in [7, 11) is -3.43. The monoisotopic (exact) mass is 290 g/mol. The Hall–Kier alpha value is -0.470. The van der Waals surface area contributed by atoms with Gasteiger partial charge >= 0.3 is 0 Å². The topological polar surface area (TPSA) is 72.6 Å². The molecule has 1 atom stereocenters. The molecule has 2 rings (SSSR count). The van der Waals surface area contributed by atoms with Crippen LogP contribution < -0.4 is 5.73 Å². The molecular formula is C11H18N2O3S2. The maximum absolute atomic E-state index is 12.5. The van der Waals surface area contributed by atoms with E-state index in [0.717, 1.165) is 6.42 Å². The molecule has 0 aliphatic carbocycles. The molecule has 0 amide bonds. The van der Waals surface area contributed by atoms with Crippen LogP contribution in [0.2, 0.25) is 0 Å². The van der Waals surface area contributed by atoms with Gasteiger partial charge < -0.3 is 10.5 Å². The van der Waals surface area contributed by atoms with E-state index in [9.17, 15) is 8.42 Å². The molecule has 1 aliphatic rings. The molecule has 5 nitrogen and oxygen atoms in total. The number of thiophene rings is 1. The third-order valence-electron chi connectivity index (χ3n) is 2.92. The number of sulfonamides is 1. The second-order valence-corrected chi connectivity index (χ2v) is 7.22. The van der Waals surface area contributed by atoms with Gasteiger partial charge in [-0.15, -0.1) is 11.3 Å². The number of nitrogens with two attached hydrogens (primary N) is 1. The summed E-state index contributed by atoms with van der Waals surface area (Å²) in [5.74, 6) is 0. The molecule has 0 bridgehead atoms. The highest BCUT2D eigenvalue weighted by atomic mass is 32.2. The van der Waals surface area contributed by atoms with Crippen LogP contribution in [-0.2, 0) is 21.3 Å². The zero-order chi connectivity index (χ0) is 13.2. The Bertz CT molecular complexity index is 498. The number of rotatable bonds is 3. The van der Waals surface area contributed by atoms with Crippen molar-refractivity contribution in [2.24, 2.45) is 5.73 Å². The van der Waals surface area contributed by atoms with Crippen LogP contribution in [0.1, 0.15) is 18.2 Å². The quantitative estimate of drug-likeness (QED) is 0.901. The van der Waals surface area contributed by atoms with E-state index in [2.05, 4.69) is 0 Å². The number of hydrogen-bond acceptors (Lipinski definition) is 5. The van der Waals surface area contributed by atoms with Crippen molar-refractivity contribution < 1.29 is 13.2 Å². The molecule has 0 spiro atoms. The van der Waals surface area contributed by atoms with Crippen molar-refractivity contribution in [3.05, 3.63) is 16.3 Å². The Labute approximate surface area is 112 Å². The van der Waals surface area contributed by atoms with Gasteiger partial charge in [-0.25, -0.2) is 8.42 Å². The van der Waals surface area contributed by atoms with Gasteiger partial charge in [-0.1, -0.05) is 0 Å². The smallest absolute Gasteiger partial charge is 0.244 e. The molecule has 7 heteroatoms. The first-order chi connectivity index (χ1) is 8.55. The van der Waals surface area contributed by atoms with Gasteiger partial charge in [-0.05, 0) is 24.8 Å². The van der Waals surface area contributed by atoms with E-state index in [0.29, 0.717) is 29.5 Å². The lowest BCUT2D eigenvalue weighted by molar-refractivity contribution is 0.0752. The lowest BCUT2D eigenvalue weighted by Gasteiger charge is -2.21. The van der Waals surface area contributed by atoms with Crippen molar-refractivity contribution in [1.82, 2.24) is 4.31 Å². The second-order valence-electron chi connectivity index (χ2n) is 4.31. The lowest BCUT2D eigenvalue weighted by Crippen LogP contribution is -2.36. The Kier molecular flexibility index (Phi) is 4.39. The maximum Gasteiger partial charge on any atom is 0.244 e. The van der Waals surface area contributed by atoms with Gasteiger partial charge in [0, 0.05) is 31.1 Å². The third-order valence-corrected chi connectivity index (χ3v) is 5.94. The van der Waals surface area contributed by atoms with E-state index in [1.165, 1.54) is 15.6 Å². The average molecular weight is 290 g/mol. The lowest BCUT2D eigenvalue weighted by atomic mass is 10.4. The minimum atomic E-state index is -3.43. The molecule has 0 radical (unpaired) electrons. The van der Waals surface area contributed by atoms with Crippen LogP contribution in [0.3, 0.4) is 0 Å². The van der Waals surface area contributed by atoms with E-state index >= 15 is 0 Å². The van der Waals surface area contributed by atoms with Crippen LogP contribution in [0.5, 0.6) is 0 Å². The first kappa shape index (κ1) is 14.0. The van der Waals surface area contributed by atoms with Crippen molar-refractivity contribution >= 4 is 21.4 Å². The van der Waals surface area contributed by atoms with Crippen LogP contribution in [0.25, 0.3) is 0 Å². The average Bonchev–Trinajstić information content (AvgIpc) is 2.71. The van der Waals surface area contributed by atoms with Crippen molar-refractivity contribution in [3.8, 4) is 0 Å². The van der Waals surface area contributed by atoms with Gasteiger partial charge in [0.05, 0.1) is 11.0 Å². The molecule has 1 aromatic heterocycles. The second kappa shape index (κ2) is 5.66. The predicted octanol–water partition coefficient (Wildman–Crippen LogP) is 1.01. The number of hydrogen-bond donors (Lipinski definition) is 1. The summed E-state index contributed by atoms with van der Waals surface area (Å²) >= 11 is 1.38. The first-order valence-corrected chi connectivity index (χ1v) is 8.26. The fourth-order valence-electron chi connectivity index (χ4n) is 2.02. The summed E-state index contributed by atoms with van der Waals surface area (Å²) in [6.45, 7) is 3.67.